The van der Waals surface area contributed by atoms with Crippen molar-refractivity contribution in [1.29, 1.82) is 0 Å². The molecule has 0 saturated carbocycles. The molecule has 0 fully saturated rings. The number of aliphatic hydroxyl groups excluding tert-OH is 2. The highest BCUT2D eigenvalue weighted by Crippen LogP contribution is 2.16. The van der Waals surface area contributed by atoms with Crippen LogP contribution in [0.4, 0.5) is 0 Å². The molecule has 0 saturated heterocycles. The molecular weight excluding hydrogens is 755 g/mol. The smallest absolute Gasteiger partial charge is 0.305 e. The van der Waals surface area contributed by atoms with E-state index < -0.39 is 12.1 Å². The van der Waals surface area contributed by atoms with Crippen molar-refractivity contribution in [2.75, 3.05) is 13.2 Å². The van der Waals surface area contributed by atoms with Gasteiger partial charge in [-0.3, -0.25) is 9.59 Å². The van der Waals surface area contributed by atoms with E-state index in [1.54, 1.807) is 0 Å². The second-order valence-corrected chi connectivity index (χ2v) is 18.2. The summed E-state index contributed by atoms with van der Waals surface area (Å²) >= 11 is 0. The van der Waals surface area contributed by atoms with Crippen LogP contribution in [0.3, 0.4) is 0 Å². The highest BCUT2D eigenvalue weighted by Gasteiger charge is 2.20. The first-order valence-corrected chi connectivity index (χ1v) is 26.7. The number of hydrogen-bond acceptors (Lipinski definition) is 5. The van der Waals surface area contributed by atoms with Crippen LogP contribution in [0.1, 0.15) is 277 Å². The average Bonchev–Trinajstić information content (AvgIpc) is 3.26. The van der Waals surface area contributed by atoms with Crippen LogP contribution in [-0.2, 0) is 14.3 Å². The number of carbonyl (C=O) groups is 2. The van der Waals surface area contributed by atoms with Gasteiger partial charge < -0.3 is 20.3 Å². The number of allylic oxidation sites excluding steroid dienone is 6. The maximum atomic E-state index is 12.4. The molecule has 358 valence electrons. The largest absolute Gasteiger partial charge is 0.466 e. The van der Waals surface area contributed by atoms with Crippen LogP contribution in [0.2, 0.25) is 0 Å². The molecule has 0 aliphatic carbocycles. The molecule has 2 unspecified atom stereocenters. The molecule has 0 aromatic heterocycles. The normalized spacial score (nSPS) is 12.9. The quantitative estimate of drug-likeness (QED) is 0.0322. The Morgan fingerprint density at radius 2 is 0.852 bits per heavy atom. The topological polar surface area (TPSA) is 95.9 Å². The third-order valence-electron chi connectivity index (χ3n) is 12.1. The third kappa shape index (κ3) is 47.4. The summed E-state index contributed by atoms with van der Waals surface area (Å²) in [6, 6.07) is -0.548. The summed E-state index contributed by atoms with van der Waals surface area (Å²) in [6.45, 7) is 4.86. The zero-order valence-electron chi connectivity index (χ0n) is 40.6. The molecule has 3 N–H and O–H groups in total. The number of carbonyl (C=O) groups excluding carboxylic acids is 2. The van der Waals surface area contributed by atoms with E-state index in [0.717, 1.165) is 57.8 Å². The summed E-state index contributed by atoms with van der Waals surface area (Å²) in [6.07, 6.45) is 61.2. The van der Waals surface area contributed by atoms with E-state index in [2.05, 4.69) is 55.6 Å². The fourth-order valence-electron chi connectivity index (χ4n) is 8.02. The molecule has 0 spiro atoms. The Morgan fingerprint density at radius 1 is 0.459 bits per heavy atom. The Labute approximate surface area is 379 Å². The summed E-state index contributed by atoms with van der Waals surface area (Å²) in [4.78, 5) is 24.4. The molecule has 0 bridgehead atoms. The van der Waals surface area contributed by atoms with Crippen LogP contribution >= 0.6 is 0 Å². The van der Waals surface area contributed by atoms with E-state index in [4.69, 9.17) is 4.74 Å². The second kappa shape index (κ2) is 50.7. The Bertz CT molecular complexity index is 993. The van der Waals surface area contributed by atoms with Gasteiger partial charge in [-0.25, -0.2) is 0 Å². The summed E-state index contributed by atoms with van der Waals surface area (Å²) < 4.78 is 5.45. The Balaban J connectivity index is 3.45. The minimum Gasteiger partial charge on any atom is -0.466 e. The highest BCUT2D eigenvalue weighted by atomic mass is 16.5. The van der Waals surface area contributed by atoms with Gasteiger partial charge in [-0.2, -0.15) is 0 Å². The summed E-state index contributed by atoms with van der Waals surface area (Å²) in [7, 11) is 0. The van der Waals surface area contributed by atoms with E-state index in [-0.39, 0.29) is 18.5 Å². The van der Waals surface area contributed by atoms with Crippen molar-refractivity contribution < 1.29 is 24.5 Å². The van der Waals surface area contributed by atoms with E-state index in [1.807, 2.05) is 0 Å². The minimum absolute atomic E-state index is 0.0119. The predicted molar refractivity (Wildman–Crippen MR) is 264 cm³/mol. The molecule has 0 rings (SSSR count). The molecule has 6 nitrogen and oxygen atoms in total. The molecule has 0 aliphatic heterocycles. The van der Waals surface area contributed by atoms with Crippen LogP contribution in [-0.4, -0.2) is 47.4 Å². The summed E-state index contributed by atoms with van der Waals surface area (Å²) in [5, 5.41) is 23.2. The third-order valence-corrected chi connectivity index (χ3v) is 12.1. The monoisotopic (exact) mass is 858 g/mol. The summed E-state index contributed by atoms with van der Waals surface area (Å²) in [5.41, 5.74) is 0. The van der Waals surface area contributed by atoms with Gasteiger partial charge in [0.2, 0.25) is 5.91 Å². The molecule has 1 amide bonds. The van der Waals surface area contributed by atoms with Crippen molar-refractivity contribution >= 4 is 11.9 Å². The number of esters is 1. The number of aliphatic hydroxyl groups is 2. The van der Waals surface area contributed by atoms with Gasteiger partial charge in [-0.1, -0.05) is 224 Å². The molecule has 0 aromatic rings. The van der Waals surface area contributed by atoms with E-state index in [0.29, 0.717) is 25.9 Å². The van der Waals surface area contributed by atoms with Gasteiger partial charge in [0.05, 0.1) is 25.4 Å². The van der Waals surface area contributed by atoms with Crippen LogP contribution in [0.25, 0.3) is 0 Å². The fraction of sp³-hybridized carbons (Fsp3) is 0.855. The Kier molecular flexibility index (Phi) is 49.1. The Hall–Kier alpha value is -1.92. The Morgan fingerprint density at radius 3 is 1.33 bits per heavy atom. The van der Waals surface area contributed by atoms with Crippen LogP contribution in [0.15, 0.2) is 36.5 Å². The average molecular weight is 858 g/mol. The maximum Gasteiger partial charge on any atom is 0.305 e. The van der Waals surface area contributed by atoms with Crippen molar-refractivity contribution in [3.63, 3.8) is 0 Å². The zero-order chi connectivity index (χ0) is 44.4. The van der Waals surface area contributed by atoms with Crippen molar-refractivity contribution in [3.8, 4) is 0 Å². The molecule has 0 aliphatic rings. The number of rotatable bonds is 49. The first-order valence-electron chi connectivity index (χ1n) is 26.7. The first kappa shape index (κ1) is 59.1. The zero-order valence-corrected chi connectivity index (χ0v) is 40.6. The van der Waals surface area contributed by atoms with Gasteiger partial charge in [-0.05, 0) is 77.0 Å². The predicted octanol–water partition coefficient (Wildman–Crippen LogP) is 16.1. The molecule has 0 aromatic carbocycles. The SMILES string of the molecule is CCC/C=C\C/C=C\CCCCCCCC(=O)OCCCCCCCCCC/C=C\CCCCCCCCCC(=O)NC(CO)C(O)CCCCCCCCCCCCCC. The molecule has 6 heteroatoms. The van der Waals surface area contributed by atoms with Gasteiger partial charge in [0.15, 0.2) is 0 Å². The first-order chi connectivity index (χ1) is 30.0. The molecule has 2 atom stereocenters. The number of ether oxygens (including phenoxy) is 1. The number of hydrogen-bond donors (Lipinski definition) is 3. The van der Waals surface area contributed by atoms with E-state index in [1.165, 1.54) is 186 Å². The number of amides is 1. The van der Waals surface area contributed by atoms with Gasteiger partial charge in [-0.15, -0.1) is 0 Å². The minimum atomic E-state index is -0.670. The van der Waals surface area contributed by atoms with Crippen molar-refractivity contribution in [3.05, 3.63) is 36.5 Å². The van der Waals surface area contributed by atoms with E-state index in [9.17, 15) is 19.8 Å². The fourth-order valence-corrected chi connectivity index (χ4v) is 8.02. The van der Waals surface area contributed by atoms with Crippen LogP contribution < -0.4 is 5.32 Å². The maximum absolute atomic E-state index is 12.4. The van der Waals surface area contributed by atoms with Crippen molar-refractivity contribution in [2.45, 2.75) is 289 Å². The van der Waals surface area contributed by atoms with Crippen LogP contribution in [0.5, 0.6) is 0 Å². The molecular formula is C55H103NO5. The number of unbranched alkanes of at least 4 members (excludes halogenated alkanes) is 32. The van der Waals surface area contributed by atoms with Gasteiger partial charge in [0.1, 0.15) is 0 Å². The lowest BCUT2D eigenvalue weighted by Crippen LogP contribution is -2.45. The van der Waals surface area contributed by atoms with Crippen molar-refractivity contribution in [1.82, 2.24) is 5.32 Å². The highest BCUT2D eigenvalue weighted by molar-refractivity contribution is 5.76. The van der Waals surface area contributed by atoms with Gasteiger partial charge in [0.25, 0.3) is 0 Å². The van der Waals surface area contributed by atoms with E-state index >= 15 is 0 Å². The molecule has 0 radical (unpaired) electrons. The molecule has 0 heterocycles. The van der Waals surface area contributed by atoms with Crippen molar-refractivity contribution in [2.24, 2.45) is 0 Å². The standard InChI is InChI=1S/C55H103NO5/c1-3-5-7-9-11-13-15-24-29-33-37-41-45-49-55(60)61-50-46-42-38-34-30-26-23-21-19-17-18-20-22-25-28-32-36-40-44-48-54(59)56-52(51-57)53(58)47-43-39-35-31-27-16-14-12-10-8-6-4-2/h7,9,13,15,17-18,52-53,57-58H,3-6,8,10-12,14,16,19-51H2,1-2H3,(H,56,59)/b9-7-,15-13-,18-17-. The van der Waals surface area contributed by atoms with Gasteiger partial charge >= 0.3 is 5.97 Å². The summed E-state index contributed by atoms with van der Waals surface area (Å²) in [5.74, 6) is -0.0580. The van der Waals surface area contributed by atoms with Gasteiger partial charge in [0, 0.05) is 12.8 Å². The number of nitrogens with one attached hydrogen (secondary N) is 1. The molecule has 61 heavy (non-hydrogen) atoms. The second-order valence-electron chi connectivity index (χ2n) is 18.2. The van der Waals surface area contributed by atoms with Crippen LogP contribution in [0, 0.1) is 0 Å². The lowest BCUT2D eigenvalue weighted by atomic mass is 10.0. The lowest BCUT2D eigenvalue weighted by molar-refractivity contribution is -0.143. The lowest BCUT2D eigenvalue weighted by Gasteiger charge is -2.22.